The topological polar surface area (TPSA) is 85.6 Å². The van der Waals surface area contributed by atoms with Gasteiger partial charge in [-0.25, -0.2) is 23.3 Å². The van der Waals surface area contributed by atoms with Crippen molar-refractivity contribution < 1.29 is 22.6 Å². The fraction of sp³-hybridized carbons (Fsp3) is 0.450. The molecule has 1 unspecified atom stereocenters. The van der Waals surface area contributed by atoms with Crippen LogP contribution in [0, 0.1) is 11.6 Å². The number of hydrogen-bond acceptors (Lipinski definition) is 7. The molecule has 0 bridgehead atoms. The first kappa shape index (κ1) is 21.3. The van der Waals surface area contributed by atoms with Crippen molar-refractivity contribution in [2.75, 3.05) is 45.9 Å². The third-order valence-corrected chi connectivity index (χ3v) is 5.30. The SMILES string of the molecule is CF.COc1cc2ncc(-c3nc(NC4CCNC4)c(F)cc3F)n2nc1C1COC1. The van der Waals surface area contributed by atoms with E-state index in [1.54, 1.807) is 13.2 Å². The van der Waals surface area contributed by atoms with Crippen LogP contribution in [0.3, 0.4) is 0 Å². The van der Waals surface area contributed by atoms with Gasteiger partial charge in [-0.3, -0.25) is 4.39 Å². The highest BCUT2D eigenvalue weighted by molar-refractivity contribution is 5.63. The Bertz CT molecular complexity index is 1070. The lowest BCUT2D eigenvalue weighted by Gasteiger charge is -2.26. The van der Waals surface area contributed by atoms with Gasteiger partial charge in [0.15, 0.2) is 23.1 Å². The van der Waals surface area contributed by atoms with E-state index in [-0.39, 0.29) is 23.5 Å². The van der Waals surface area contributed by atoms with Crippen LogP contribution in [-0.2, 0) is 4.74 Å². The Morgan fingerprint density at radius 2 is 2.03 bits per heavy atom. The molecule has 0 saturated carbocycles. The first-order chi connectivity index (χ1) is 15.1. The van der Waals surface area contributed by atoms with Crippen molar-refractivity contribution in [2.45, 2.75) is 18.4 Å². The summed E-state index contributed by atoms with van der Waals surface area (Å²) in [6.07, 6.45) is 2.32. The number of fused-ring (bicyclic) bond motifs is 1. The molecule has 0 aromatic carbocycles. The van der Waals surface area contributed by atoms with Crippen molar-refractivity contribution in [2.24, 2.45) is 0 Å². The Morgan fingerprint density at radius 3 is 2.68 bits per heavy atom. The molecule has 1 atom stereocenters. The van der Waals surface area contributed by atoms with E-state index in [1.807, 2.05) is 0 Å². The number of methoxy groups -OCH3 is 1. The highest BCUT2D eigenvalue weighted by atomic mass is 19.1. The minimum atomic E-state index is -0.773. The summed E-state index contributed by atoms with van der Waals surface area (Å²) in [4.78, 5) is 8.54. The molecule has 8 nitrogen and oxygen atoms in total. The number of pyridine rings is 1. The molecule has 11 heteroatoms. The van der Waals surface area contributed by atoms with Crippen LogP contribution < -0.4 is 15.4 Å². The molecule has 0 aliphatic carbocycles. The summed E-state index contributed by atoms with van der Waals surface area (Å²) in [5.74, 6) is -0.778. The smallest absolute Gasteiger partial charge is 0.168 e. The van der Waals surface area contributed by atoms with Crippen LogP contribution >= 0.6 is 0 Å². The Balaban J connectivity index is 0.00000112. The molecular weight excluding hydrogens is 413 g/mol. The molecule has 2 saturated heterocycles. The predicted molar refractivity (Wildman–Crippen MR) is 108 cm³/mol. The summed E-state index contributed by atoms with van der Waals surface area (Å²) < 4.78 is 50.7. The van der Waals surface area contributed by atoms with E-state index in [1.165, 1.54) is 10.7 Å². The number of imidazole rings is 1. The van der Waals surface area contributed by atoms with Gasteiger partial charge in [0.05, 0.1) is 39.6 Å². The van der Waals surface area contributed by atoms with Gasteiger partial charge in [0.2, 0.25) is 0 Å². The normalized spacial score (nSPS) is 18.4. The zero-order valence-corrected chi connectivity index (χ0v) is 17.2. The number of halogens is 3. The highest BCUT2D eigenvalue weighted by Gasteiger charge is 2.28. The maximum atomic E-state index is 14.7. The molecule has 2 N–H and O–H groups in total. The maximum Gasteiger partial charge on any atom is 0.168 e. The van der Waals surface area contributed by atoms with Crippen LogP contribution in [0.25, 0.3) is 17.0 Å². The van der Waals surface area contributed by atoms with Crippen molar-refractivity contribution in [3.05, 3.63) is 35.7 Å². The lowest BCUT2D eigenvalue weighted by Crippen LogP contribution is -2.27. The lowest BCUT2D eigenvalue weighted by atomic mass is 10.0. The Hall–Kier alpha value is -2.92. The second-order valence-corrected chi connectivity index (χ2v) is 7.23. The standard InChI is InChI=1S/C19H20F2N6O2.CH3F/c1-28-15-5-16-23-7-14(27(16)26-17(15)10-8-29-9-10)18-12(20)4-13(21)19(25-18)24-11-2-3-22-6-11;1-2/h4-5,7,10-11,22H,2-3,6,8-9H2,1H3,(H,24,25);1H3. The maximum absolute atomic E-state index is 14.7. The summed E-state index contributed by atoms with van der Waals surface area (Å²) in [5.41, 5.74) is 1.53. The number of nitrogens with zero attached hydrogens (tertiary/aromatic N) is 4. The second-order valence-electron chi connectivity index (χ2n) is 7.23. The minimum Gasteiger partial charge on any atom is -0.495 e. The van der Waals surface area contributed by atoms with Crippen LogP contribution in [-0.4, -0.2) is 66.2 Å². The van der Waals surface area contributed by atoms with Gasteiger partial charge in [0, 0.05) is 24.7 Å². The van der Waals surface area contributed by atoms with E-state index < -0.39 is 11.6 Å². The molecule has 2 fully saturated rings. The van der Waals surface area contributed by atoms with Crippen molar-refractivity contribution in [3.63, 3.8) is 0 Å². The van der Waals surface area contributed by atoms with Crippen LogP contribution in [0.5, 0.6) is 5.75 Å². The lowest BCUT2D eigenvalue weighted by molar-refractivity contribution is 0.00530. The molecule has 3 aromatic rings. The van der Waals surface area contributed by atoms with Crippen molar-refractivity contribution >= 4 is 11.5 Å². The van der Waals surface area contributed by atoms with E-state index in [4.69, 9.17) is 9.47 Å². The molecule has 0 amide bonds. The average Bonchev–Trinajstić information content (AvgIpc) is 3.39. The van der Waals surface area contributed by atoms with Gasteiger partial charge >= 0.3 is 0 Å². The quantitative estimate of drug-likeness (QED) is 0.636. The molecule has 2 aliphatic rings. The van der Waals surface area contributed by atoms with Crippen LogP contribution in [0.1, 0.15) is 18.0 Å². The molecule has 5 heterocycles. The molecule has 2 aliphatic heterocycles. The molecule has 5 rings (SSSR count). The number of anilines is 1. The molecule has 3 aromatic heterocycles. The Morgan fingerprint density at radius 1 is 1.23 bits per heavy atom. The number of hydrogen-bond donors (Lipinski definition) is 2. The molecule has 0 spiro atoms. The van der Waals surface area contributed by atoms with Crippen LogP contribution in [0.4, 0.5) is 19.0 Å². The first-order valence-corrected chi connectivity index (χ1v) is 9.86. The van der Waals surface area contributed by atoms with E-state index >= 15 is 0 Å². The summed E-state index contributed by atoms with van der Waals surface area (Å²) in [6.45, 7) is 2.65. The zero-order chi connectivity index (χ0) is 22.0. The van der Waals surface area contributed by atoms with Gasteiger partial charge in [-0.15, -0.1) is 0 Å². The average molecular weight is 436 g/mol. The van der Waals surface area contributed by atoms with Crippen molar-refractivity contribution in [1.29, 1.82) is 0 Å². The van der Waals surface area contributed by atoms with E-state index in [0.29, 0.717) is 49.7 Å². The Labute approximate surface area is 176 Å². The zero-order valence-electron chi connectivity index (χ0n) is 17.2. The summed E-state index contributed by atoms with van der Waals surface area (Å²) in [5, 5.41) is 10.9. The van der Waals surface area contributed by atoms with E-state index in [9.17, 15) is 13.2 Å². The number of aromatic nitrogens is 4. The molecular formula is C20H23F3N6O2. The molecule has 0 radical (unpaired) electrons. The Kier molecular flexibility index (Phi) is 6.23. The number of rotatable bonds is 5. The van der Waals surface area contributed by atoms with E-state index in [0.717, 1.165) is 19.0 Å². The van der Waals surface area contributed by atoms with Gasteiger partial charge in [-0.1, -0.05) is 0 Å². The van der Waals surface area contributed by atoms with Gasteiger partial charge in [-0.2, -0.15) is 5.10 Å². The number of nitrogens with one attached hydrogen (secondary N) is 2. The van der Waals surface area contributed by atoms with E-state index in [2.05, 4.69) is 25.7 Å². The number of alkyl halides is 1. The third kappa shape index (κ3) is 4.02. The predicted octanol–water partition coefficient (Wildman–Crippen LogP) is 2.55. The summed E-state index contributed by atoms with van der Waals surface area (Å²) >= 11 is 0. The first-order valence-electron chi connectivity index (χ1n) is 9.86. The van der Waals surface area contributed by atoms with Crippen LogP contribution in [0.15, 0.2) is 18.3 Å². The second kappa shape index (κ2) is 9.06. The van der Waals surface area contributed by atoms with Crippen molar-refractivity contribution in [3.8, 4) is 17.1 Å². The third-order valence-electron chi connectivity index (χ3n) is 5.30. The fourth-order valence-electron chi connectivity index (χ4n) is 3.63. The summed E-state index contributed by atoms with van der Waals surface area (Å²) in [6, 6.07) is 2.64. The van der Waals surface area contributed by atoms with Gasteiger partial charge in [0.25, 0.3) is 0 Å². The minimum absolute atomic E-state index is 0.0131. The highest BCUT2D eigenvalue weighted by Crippen LogP contribution is 2.32. The largest absolute Gasteiger partial charge is 0.495 e. The van der Waals surface area contributed by atoms with Gasteiger partial charge in [0.1, 0.15) is 22.8 Å². The monoisotopic (exact) mass is 436 g/mol. The number of ether oxygens (including phenoxy) is 2. The summed E-state index contributed by atoms with van der Waals surface area (Å²) in [7, 11) is 2.07. The fourth-order valence-corrected chi connectivity index (χ4v) is 3.63. The van der Waals surface area contributed by atoms with Gasteiger partial charge < -0.3 is 20.1 Å². The van der Waals surface area contributed by atoms with Gasteiger partial charge in [-0.05, 0) is 13.0 Å². The van der Waals surface area contributed by atoms with Crippen LogP contribution in [0.2, 0.25) is 0 Å². The molecule has 31 heavy (non-hydrogen) atoms. The molecule has 166 valence electrons. The van der Waals surface area contributed by atoms with Crippen molar-refractivity contribution in [1.82, 2.24) is 24.9 Å².